The van der Waals surface area contributed by atoms with Crippen molar-refractivity contribution in [3.63, 3.8) is 0 Å². The molecule has 0 aromatic carbocycles. The summed E-state index contributed by atoms with van der Waals surface area (Å²) in [7, 11) is 0. The van der Waals surface area contributed by atoms with Gasteiger partial charge in [0.25, 0.3) is 0 Å². The molecule has 0 saturated carbocycles. The Hall–Kier alpha value is -0.380. The third-order valence-electron chi connectivity index (χ3n) is 1.63. The summed E-state index contributed by atoms with van der Waals surface area (Å²) in [5.74, 6) is 0. The number of nitrogens with zero attached hydrogens (tertiary/aromatic N) is 1. The Morgan fingerprint density at radius 1 is 1.67 bits per heavy atom. The van der Waals surface area contributed by atoms with Crippen LogP contribution in [0.3, 0.4) is 0 Å². The van der Waals surface area contributed by atoms with E-state index in [2.05, 4.69) is 47.1 Å². The van der Waals surface area contributed by atoms with Crippen molar-refractivity contribution in [3.8, 4) is 0 Å². The minimum atomic E-state index is 0.507. The molecule has 1 aromatic heterocycles. The normalized spacial score (nSPS) is 12.5. The Bertz CT molecular complexity index is 270. The van der Waals surface area contributed by atoms with Crippen LogP contribution in [-0.2, 0) is 0 Å². The molecule has 0 amide bonds. The van der Waals surface area contributed by atoms with Gasteiger partial charge in [0.15, 0.2) is 0 Å². The first kappa shape index (κ1) is 9.71. The summed E-state index contributed by atoms with van der Waals surface area (Å²) in [6, 6.07) is 2.17. The predicted octanol–water partition coefficient (Wildman–Crippen LogP) is 3.44. The van der Waals surface area contributed by atoms with E-state index in [1.165, 1.54) is 11.1 Å². The number of allylic oxidation sites excluding steroid dienone is 1. The van der Waals surface area contributed by atoms with Crippen molar-refractivity contribution < 1.29 is 0 Å². The van der Waals surface area contributed by atoms with Crippen LogP contribution in [0, 0.1) is 6.92 Å². The lowest BCUT2D eigenvalue weighted by Gasteiger charge is -2.06. The largest absolute Gasteiger partial charge is 0.264 e. The van der Waals surface area contributed by atoms with Crippen LogP contribution in [0.25, 0.3) is 0 Å². The quantitative estimate of drug-likeness (QED) is 0.467. The molecule has 0 spiro atoms. The topological polar surface area (TPSA) is 12.9 Å². The molecule has 0 radical (unpaired) electrons. The third-order valence-corrected chi connectivity index (χ3v) is 2.86. The summed E-state index contributed by atoms with van der Waals surface area (Å²) in [6.45, 7) is 5.79. The summed E-state index contributed by atoms with van der Waals surface area (Å²) < 4.78 is 0.507. The summed E-state index contributed by atoms with van der Waals surface area (Å²) in [5, 5.41) is 0. The summed E-state index contributed by atoms with van der Waals surface area (Å²) >= 11 is 2.41. The van der Waals surface area contributed by atoms with Crippen LogP contribution in [0.4, 0.5) is 0 Å². The van der Waals surface area contributed by atoms with Gasteiger partial charge in [-0.3, -0.25) is 4.98 Å². The molecular weight excluding hydrogens is 261 g/mol. The summed E-state index contributed by atoms with van der Waals surface area (Å²) in [6.07, 6.45) is 6.75. The average Bonchev–Trinajstić information content (AvgIpc) is 2.05. The van der Waals surface area contributed by atoms with Crippen molar-refractivity contribution in [3.05, 3.63) is 42.2 Å². The maximum Gasteiger partial charge on any atom is 0.0409 e. The molecule has 0 saturated heterocycles. The van der Waals surface area contributed by atoms with Gasteiger partial charge in [-0.25, -0.2) is 0 Å². The Labute approximate surface area is 87.0 Å². The van der Waals surface area contributed by atoms with E-state index in [0.29, 0.717) is 3.92 Å². The first-order valence-corrected chi connectivity index (χ1v) is 5.15. The van der Waals surface area contributed by atoms with E-state index < -0.39 is 0 Å². The van der Waals surface area contributed by atoms with Gasteiger partial charge in [0.2, 0.25) is 0 Å². The number of rotatable bonds is 3. The SMILES string of the molecule is C=CCC(I)c1cncc(C)c1. The number of aryl methyl sites for hydroxylation is 1. The van der Waals surface area contributed by atoms with Gasteiger partial charge in [0, 0.05) is 16.3 Å². The molecule has 0 aliphatic heterocycles. The fourth-order valence-corrected chi connectivity index (χ4v) is 1.73. The highest BCUT2D eigenvalue weighted by Crippen LogP contribution is 2.26. The zero-order valence-electron chi connectivity index (χ0n) is 7.13. The fraction of sp³-hybridized carbons (Fsp3) is 0.300. The van der Waals surface area contributed by atoms with Crippen LogP contribution in [0.1, 0.15) is 21.5 Å². The number of pyridine rings is 1. The molecule has 0 bridgehead atoms. The van der Waals surface area contributed by atoms with Gasteiger partial charge in [-0.2, -0.15) is 0 Å². The lowest BCUT2D eigenvalue weighted by atomic mass is 10.1. The molecule has 1 atom stereocenters. The third kappa shape index (κ3) is 2.59. The van der Waals surface area contributed by atoms with Crippen molar-refractivity contribution in [2.45, 2.75) is 17.3 Å². The summed E-state index contributed by atoms with van der Waals surface area (Å²) in [4.78, 5) is 4.15. The number of aromatic nitrogens is 1. The summed E-state index contributed by atoms with van der Waals surface area (Å²) in [5.41, 5.74) is 2.51. The molecule has 0 fully saturated rings. The second-order valence-corrected chi connectivity index (χ2v) is 4.29. The molecule has 1 rings (SSSR count). The first-order valence-electron chi connectivity index (χ1n) is 3.90. The van der Waals surface area contributed by atoms with Crippen molar-refractivity contribution in [2.24, 2.45) is 0 Å². The Kier molecular flexibility index (Phi) is 3.72. The van der Waals surface area contributed by atoms with Crippen molar-refractivity contribution in [1.82, 2.24) is 4.98 Å². The van der Waals surface area contributed by atoms with E-state index in [-0.39, 0.29) is 0 Å². The molecule has 64 valence electrons. The number of hydrogen-bond acceptors (Lipinski definition) is 1. The molecular formula is C10H12IN. The Morgan fingerprint density at radius 2 is 2.42 bits per heavy atom. The van der Waals surface area contributed by atoms with Gasteiger partial charge in [-0.15, -0.1) is 6.58 Å². The molecule has 1 heterocycles. The lowest BCUT2D eigenvalue weighted by molar-refractivity contribution is 0.991. The van der Waals surface area contributed by atoms with Crippen LogP contribution in [0.5, 0.6) is 0 Å². The number of hydrogen-bond donors (Lipinski definition) is 0. The van der Waals surface area contributed by atoms with Gasteiger partial charge in [0.05, 0.1) is 0 Å². The highest BCUT2D eigenvalue weighted by Gasteiger charge is 2.04. The molecule has 0 N–H and O–H groups in total. The maximum atomic E-state index is 4.15. The zero-order valence-corrected chi connectivity index (χ0v) is 9.28. The van der Waals surface area contributed by atoms with Gasteiger partial charge >= 0.3 is 0 Å². The van der Waals surface area contributed by atoms with Crippen LogP contribution in [0.2, 0.25) is 0 Å². The van der Waals surface area contributed by atoms with Crippen LogP contribution in [-0.4, -0.2) is 4.98 Å². The van der Waals surface area contributed by atoms with E-state index in [1.54, 1.807) is 0 Å². The molecule has 2 heteroatoms. The van der Waals surface area contributed by atoms with Crippen molar-refractivity contribution in [2.75, 3.05) is 0 Å². The maximum absolute atomic E-state index is 4.15. The second kappa shape index (κ2) is 4.60. The monoisotopic (exact) mass is 273 g/mol. The van der Waals surface area contributed by atoms with Gasteiger partial charge in [-0.05, 0) is 24.5 Å². The van der Waals surface area contributed by atoms with E-state index in [4.69, 9.17) is 0 Å². The molecule has 0 aliphatic carbocycles. The highest BCUT2D eigenvalue weighted by molar-refractivity contribution is 14.1. The zero-order chi connectivity index (χ0) is 8.97. The number of halogens is 1. The smallest absolute Gasteiger partial charge is 0.0409 e. The van der Waals surface area contributed by atoms with Gasteiger partial charge in [-0.1, -0.05) is 34.7 Å². The minimum Gasteiger partial charge on any atom is -0.264 e. The van der Waals surface area contributed by atoms with Crippen LogP contribution < -0.4 is 0 Å². The van der Waals surface area contributed by atoms with E-state index in [9.17, 15) is 0 Å². The Balaban J connectivity index is 2.80. The van der Waals surface area contributed by atoms with Crippen molar-refractivity contribution >= 4 is 22.6 Å². The standard InChI is InChI=1S/C10H12IN/c1-3-4-10(11)9-5-8(2)6-12-7-9/h3,5-7,10H,1,4H2,2H3. The average molecular weight is 273 g/mol. The molecule has 0 aliphatic rings. The van der Waals surface area contributed by atoms with Crippen LogP contribution >= 0.6 is 22.6 Å². The minimum absolute atomic E-state index is 0.507. The molecule has 1 nitrogen and oxygen atoms in total. The second-order valence-electron chi connectivity index (χ2n) is 2.79. The van der Waals surface area contributed by atoms with Gasteiger partial charge in [0.1, 0.15) is 0 Å². The van der Waals surface area contributed by atoms with E-state index >= 15 is 0 Å². The van der Waals surface area contributed by atoms with E-state index in [1.807, 2.05) is 18.5 Å². The first-order chi connectivity index (χ1) is 5.74. The van der Waals surface area contributed by atoms with Crippen LogP contribution in [0.15, 0.2) is 31.1 Å². The molecule has 12 heavy (non-hydrogen) atoms. The fourth-order valence-electron chi connectivity index (χ4n) is 1.03. The Morgan fingerprint density at radius 3 is 3.00 bits per heavy atom. The highest BCUT2D eigenvalue weighted by atomic mass is 127. The molecule has 1 aromatic rings. The van der Waals surface area contributed by atoms with Crippen molar-refractivity contribution in [1.29, 1.82) is 0 Å². The predicted molar refractivity (Wildman–Crippen MR) is 60.5 cm³/mol. The van der Waals surface area contributed by atoms with E-state index in [0.717, 1.165) is 6.42 Å². The molecule has 1 unspecified atom stereocenters. The van der Waals surface area contributed by atoms with Gasteiger partial charge < -0.3 is 0 Å². The lowest BCUT2D eigenvalue weighted by Crippen LogP contribution is -1.89. The number of alkyl halides is 1.